The highest BCUT2D eigenvalue weighted by molar-refractivity contribution is 5.30. The van der Waals surface area contributed by atoms with E-state index >= 15 is 0 Å². The van der Waals surface area contributed by atoms with Gasteiger partial charge in [0, 0.05) is 0 Å². The Labute approximate surface area is 114 Å². The standard InChI is InChI=1S/C14H21N5/c1-14(2,3)9-10-15-11-13-16-17-18-19(13)12-7-5-4-6-8-12/h4-8,15H,9-11H2,1-3H3. The Kier molecular flexibility index (Phi) is 4.27. The molecule has 0 spiro atoms. The van der Waals surface area contributed by atoms with Crippen LogP contribution in [0.4, 0.5) is 0 Å². The second kappa shape index (κ2) is 5.93. The Morgan fingerprint density at radius 1 is 1.16 bits per heavy atom. The lowest BCUT2D eigenvalue weighted by Crippen LogP contribution is -2.22. The van der Waals surface area contributed by atoms with Crippen LogP contribution in [0.3, 0.4) is 0 Å². The molecule has 19 heavy (non-hydrogen) atoms. The van der Waals surface area contributed by atoms with Gasteiger partial charge in [0.2, 0.25) is 0 Å². The molecule has 1 aromatic carbocycles. The predicted octanol–water partition coefficient (Wildman–Crippen LogP) is 2.19. The van der Waals surface area contributed by atoms with E-state index in [0.29, 0.717) is 12.0 Å². The molecule has 0 saturated heterocycles. The lowest BCUT2D eigenvalue weighted by atomic mass is 9.92. The summed E-state index contributed by atoms with van der Waals surface area (Å²) in [4.78, 5) is 0. The van der Waals surface area contributed by atoms with Gasteiger partial charge < -0.3 is 5.32 Å². The molecular weight excluding hydrogens is 238 g/mol. The number of nitrogens with one attached hydrogen (secondary N) is 1. The Morgan fingerprint density at radius 3 is 2.58 bits per heavy atom. The van der Waals surface area contributed by atoms with Crippen molar-refractivity contribution in [1.29, 1.82) is 0 Å². The highest BCUT2D eigenvalue weighted by Gasteiger charge is 2.10. The van der Waals surface area contributed by atoms with E-state index in [1.165, 1.54) is 0 Å². The number of hydrogen-bond acceptors (Lipinski definition) is 4. The quantitative estimate of drug-likeness (QED) is 0.836. The molecular formula is C14H21N5. The first-order valence-electron chi connectivity index (χ1n) is 6.60. The largest absolute Gasteiger partial charge is 0.310 e. The van der Waals surface area contributed by atoms with Crippen LogP contribution < -0.4 is 5.32 Å². The van der Waals surface area contributed by atoms with E-state index in [1.807, 2.05) is 30.3 Å². The third-order valence-electron chi connectivity index (χ3n) is 2.87. The average molecular weight is 259 g/mol. The van der Waals surface area contributed by atoms with Crippen LogP contribution in [0.15, 0.2) is 30.3 Å². The van der Waals surface area contributed by atoms with E-state index in [1.54, 1.807) is 4.68 Å². The molecule has 102 valence electrons. The van der Waals surface area contributed by atoms with Crippen molar-refractivity contribution in [2.45, 2.75) is 33.7 Å². The smallest absolute Gasteiger partial charge is 0.170 e. The van der Waals surface area contributed by atoms with Crippen LogP contribution in [0, 0.1) is 5.41 Å². The normalized spacial score (nSPS) is 11.7. The van der Waals surface area contributed by atoms with Crippen LogP contribution in [-0.4, -0.2) is 26.8 Å². The molecule has 0 amide bonds. The van der Waals surface area contributed by atoms with Gasteiger partial charge in [0.1, 0.15) is 0 Å². The molecule has 0 fully saturated rings. The second-order valence-electron chi connectivity index (χ2n) is 5.83. The summed E-state index contributed by atoms with van der Waals surface area (Å²) >= 11 is 0. The zero-order valence-corrected chi connectivity index (χ0v) is 11.8. The van der Waals surface area contributed by atoms with Crippen molar-refractivity contribution in [2.75, 3.05) is 6.54 Å². The maximum atomic E-state index is 4.07. The van der Waals surface area contributed by atoms with Gasteiger partial charge in [-0.2, -0.15) is 4.68 Å². The van der Waals surface area contributed by atoms with E-state index in [2.05, 4.69) is 41.6 Å². The monoisotopic (exact) mass is 259 g/mol. The van der Waals surface area contributed by atoms with Crippen molar-refractivity contribution in [3.05, 3.63) is 36.2 Å². The maximum Gasteiger partial charge on any atom is 0.170 e. The van der Waals surface area contributed by atoms with Gasteiger partial charge in [-0.25, -0.2) is 0 Å². The van der Waals surface area contributed by atoms with E-state index in [0.717, 1.165) is 24.5 Å². The zero-order chi connectivity index (χ0) is 13.7. The number of para-hydroxylation sites is 1. The first-order valence-corrected chi connectivity index (χ1v) is 6.60. The van der Waals surface area contributed by atoms with Gasteiger partial charge in [-0.1, -0.05) is 39.0 Å². The molecule has 1 heterocycles. The SMILES string of the molecule is CC(C)(C)CCNCc1nnnn1-c1ccccc1. The maximum absolute atomic E-state index is 4.07. The minimum absolute atomic E-state index is 0.346. The van der Waals surface area contributed by atoms with Crippen molar-refractivity contribution in [3.63, 3.8) is 0 Å². The highest BCUT2D eigenvalue weighted by atomic mass is 15.5. The third kappa shape index (κ3) is 4.13. The topological polar surface area (TPSA) is 55.6 Å². The van der Waals surface area contributed by atoms with Gasteiger partial charge in [-0.05, 0) is 40.9 Å². The molecule has 0 bridgehead atoms. The summed E-state index contributed by atoms with van der Waals surface area (Å²) in [5.74, 6) is 0.833. The fraction of sp³-hybridized carbons (Fsp3) is 0.500. The minimum atomic E-state index is 0.346. The first-order chi connectivity index (χ1) is 9.06. The Morgan fingerprint density at radius 2 is 1.89 bits per heavy atom. The molecule has 0 aliphatic heterocycles. The van der Waals surface area contributed by atoms with E-state index < -0.39 is 0 Å². The molecule has 0 saturated carbocycles. The highest BCUT2D eigenvalue weighted by Crippen LogP contribution is 2.17. The van der Waals surface area contributed by atoms with Crippen molar-refractivity contribution in [3.8, 4) is 5.69 Å². The van der Waals surface area contributed by atoms with Crippen molar-refractivity contribution in [1.82, 2.24) is 25.5 Å². The Bertz CT molecular complexity index is 498. The summed E-state index contributed by atoms with van der Waals surface area (Å²) in [5, 5.41) is 15.2. The molecule has 0 radical (unpaired) electrons. The van der Waals surface area contributed by atoms with Crippen LogP contribution >= 0.6 is 0 Å². The Balaban J connectivity index is 1.94. The van der Waals surface area contributed by atoms with Gasteiger partial charge in [0.15, 0.2) is 5.82 Å². The average Bonchev–Trinajstić information content (AvgIpc) is 2.83. The summed E-state index contributed by atoms with van der Waals surface area (Å²) in [7, 11) is 0. The number of nitrogens with zero attached hydrogens (tertiary/aromatic N) is 4. The van der Waals surface area contributed by atoms with Crippen molar-refractivity contribution < 1.29 is 0 Å². The van der Waals surface area contributed by atoms with Crippen LogP contribution in [0.25, 0.3) is 5.69 Å². The summed E-state index contributed by atoms with van der Waals surface area (Å²) in [6, 6.07) is 9.93. The fourth-order valence-corrected chi connectivity index (χ4v) is 1.75. The van der Waals surface area contributed by atoms with Crippen LogP contribution in [0.1, 0.15) is 33.0 Å². The van der Waals surface area contributed by atoms with Gasteiger partial charge in [0.25, 0.3) is 0 Å². The molecule has 2 aromatic rings. The van der Waals surface area contributed by atoms with Gasteiger partial charge in [0.05, 0.1) is 12.2 Å². The van der Waals surface area contributed by atoms with Crippen molar-refractivity contribution in [2.24, 2.45) is 5.41 Å². The number of rotatable bonds is 5. The van der Waals surface area contributed by atoms with Crippen LogP contribution in [-0.2, 0) is 6.54 Å². The summed E-state index contributed by atoms with van der Waals surface area (Å²) < 4.78 is 1.77. The molecule has 0 aliphatic carbocycles. The molecule has 0 unspecified atom stereocenters. The summed E-state index contributed by atoms with van der Waals surface area (Å²) in [5.41, 5.74) is 1.33. The number of hydrogen-bond donors (Lipinski definition) is 1. The molecule has 0 aliphatic rings. The lowest BCUT2D eigenvalue weighted by molar-refractivity contribution is 0.365. The third-order valence-corrected chi connectivity index (χ3v) is 2.87. The first kappa shape index (κ1) is 13.7. The van der Waals surface area contributed by atoms with Crippen molar-refractivity contribution >= 4 is 0 Å². The van der Waals surface area contributed by atoms with Gasteiger partial charge in [-0.3, -0.25) is 0 Å². The number of tetrazole rings is 1. The molecule has 0 atom stereocenters. The molecule has 5 heteroatoms. The summed E-state index contributed by atoms with van der Waals surface area (Å²) in [6.07, 6.45) is 1.12. The second-order valence-corrected chi connectivity index (χ2v) is 5.83. The Hall–Kier alpha value is -1.75. The van der Waals surface area contributed by atoms with Gasteiger partial charge >= 0.3 is 0 Å². The number of aromatic nitrogens is 4. The molecule has 1 N–H and O–H groups in total. The van der Waals surface area contributed by atoms with Crippen LogP contribution in [0.5, 0.6) is 0 Å². The van der Waals surface area contributed by atoms with E-state index in [-0.39, 0.29) is 0 Å². The molecule has 2 rings (SSSR count). The summed E-state index contributed by atoms with van der Waals surface area (Å²) in [6.45, 7) is 8.36. The minimum Gasteiger partial charge on any atom is -0.310 e. The molecule has 5 nitrogen and oxygen atoms in total. The zero-order valence-electron chi connectivity index (χ0n) is 11.8. The van der Waals surface area contributed by atoms with Gasteiger partial charge in [-0.15, -0.1) is 5.10 Å². The number of benzene rings is 1. The lowest BCUT2D eigenvalue weighted by Gasteiger charge is -2.17. The molecule has 1 aromatic heterocycles. The fourth-order valence-electron chi connectivity index (χ4n) is 1.75. The van der Waals surface area contributed by atoms with E-state index in [9.17, 15) is 0 Å². The predicted molar refractivity (Wildman–Crippen MR) is 74.9 cm³/mol. The van der Waals surface area contributed by atoms with E-state index in [4.69, 9.17) is 0 Å². The van der Waals surface area contributed by atoms with Crippen LogP contribution in [0.2, 0.25) is 0 Å².